The molecule has 0 bridgehead atoms. The zero-order chi connectivity index (χ0) is 28.0. The second-order valence-corrected chi connectivity index (χ2v) is 11.5. The zero-order valence-electron chi connectivity index (χ0n) is 21.5. The van der Waals surface area contributed by atoms with Crippen LogP contribution in [0.1, 0.15) is 37.4 Å². The number of hydrogen-bond acceptors (Lipinski definition) is 6. The second-order valence-electron chi connectivity index (χ2n) is 9.19. The van der Waals surface area contributed by atoms with Crippen LogP contribution < -0.4 is 14.4 Å². The van der Waals surface area contributed by atoms with Gasteiger partial charge >= 0.3 is 0 Å². The number of sulfonamides is 1. The fraction of sp³-hybridized carbons (Fsp3) is 0.296. The number of ether oxygens (including phenoxy) is 1. The van der Waals surface area contributed by atoms with Crippen molar-refractivity contribution in [3.05, 3.63) is 93.0 Å². The summed E-state index contributed by atoms with van der Waals surface area (Å²) in [5.74, 6) is -0.151. The smallest absolute Gasteiger partial charge is 0.273 e. The van der Waals surface area contributed by atoms with Crippen molar-refractivity contribution >= 4 is 38.9 Å². The number of nitrogens with one attached hydrogen (secondary N) is 1. The topological polar surface area (TPSA) is 119 Å². The average Bonchev–Trinajstić information content (AvgIpc) is 2.87. The van der Waals surface area contributed by atoms with Crippen LogP contribution in [0.4, 0.5) is 11.4 Å². The van der Waals surface area contributed by atoms with Gasteiger partial charge in [0, 0.05) is 16.7 Å². The van der Waals surface area contributed by atoms with E-state index in [9.17, 15) is 23.3 Å². The van der Waals surface area contributed by atoms with E-state index in [0.29, 0.717) is 12.0 Å². The Bertz CT molecular complexity index is 1410. The summed E-state index contributed by atoms with van der Waals surface area (Å²) in [6.45, 7) is 4.96. The van der Waals surface area contributed by atoms with Crippen LogP contribution in [0.15, 0.2) is 71.6 Å². The molecule has 1 amide bonds. The first kappa shape index (κ1) is 28.9. The molecule has 0 heterocycles. The number of rotatable bonds is 11. The Morgan fingerprint density at radius 3 is 2.39 bits per heavy atom. The fourth-order valence-corrected chi connectivity index (χ4v) is 5.65. The third-order valence-electron chi connectivity index (χ3n) is 5.91. The van der Waals surface area contributed by atoms with Crippen molar-refractivity contribution in [1.29, 1.82) is 0 Å². The van der Waals surface area contributed by atoms with Crippen LogP contribution in [0.5, 0.6) is 5.75 Å². The van der Waals surface area contributed by atoms with Gasteiger partial charge in [0.2, 0.25) is 5.91 Å². The lowest BCUT2D eigenvalue weighted by Gasteiger charge is -2.27. The van der Waals surface area contributed by atoms with E-state index < -0.39 is 27.4 Å². The highest BCUT2D eigenvalue weighted by atomic mass is 35.5. The minimum Gasteiger partial charge on any atom is -0.495 e. The largest absolute Gasteiger partial charge is 0.495 e. The molecule has 11 heteroatoms. The van der Waals surface area contributed by atoms with Gasteiger partial charge in [-0.15, -0.1) is 0 Å². The maximum Gasteiger partial charge on any atom is 0.273 e. The molecule has 0 aliphatic carbocycles. The van der Waals surface area contributed by atoms with Crippen LogP contribution in [-0.2, 0) is 14.8 Å². The SMILES string of the molecule is COc1ccc(Cl)cc1N(CC(=O)N[C@@H](CC(C)C)c1ccccc1)S(=O)(=O)c1ccc(C)c([N+](=O)[O-])c1. The summed E-state index contributed by atoms with van der Waals surface area (Å²) in [4.78, 5) is 23.9. The van der Waals surface area contributed by atoms with Crippen LogP contribution in [0.3, 0.4) is 0 Å². The molecule has 3 rings (SSSR count). The summed E-state index contributed by atoms with van der Waals surface area (Å²) < 4.78 is 34.0. The highest BCUT2D eigenvalue weighted by molar-refractivity contribution is 7.92. The lowest BCUT2D eigenvalue weighted by Crippen LogP contribution is -2.42. The van der Waals surface area contributed by atoms with Crippen LogP contribution in [0, 0.1) is 23.0 Å². The van der Waals surface area contributed by atoms with E-state index in [0.717, 1.165) is 15.9 Å². The predicted molar refractivity (Wildman–Crippen MR) is 147 cm³/mol. The molecule has 0 fully saturated rings. The number of anilines is 1. The molecule has 0 aromatic heterocycles. The molecule has 38 heavy (non-hydrogen) atoms. The molecule has 3 aromatic carbocycles. The Morgan fingerprint density at radius 2 is 1.79 bits per heavy atom. The van der Waals surface area contributed by atoms with Crippen molar-refractivity contribution < 1.29 is 22.9 Å². The van der Waals surface area contributed by atoms with Gasteiger partial charge in [-0.3, -0.25) is 19.2 Å². The summed E-state index contributed by atoms with van der Waals surface area (Å²) in [5.41, 5.74) is 0.865. The molecule has 0 spiro atoms. The number of benzene rings is 3. The van der Waals surface area contributed by atoms with E-state index >= 15 is 0 Å². The molecule has 0 unspecified atom stereocenters. The van der Waals surface area contributed by atoms with E-state index in [1.807, 2.05) is 44.2 Å². The van der Waals surface area contributed by atoms with Gasteiger partial charge in [-0.1, -0.05) is 61.8 Å². The number of amides is 1. The normalized spacial score (nSPS) is 12.2. The van der Waals surface area contributed by atoms with Crippen molar-refractivity contribution in [2.75, 3.05) is 18.0 Å². The van der Waals surface area contributed by atoms with Crippen LogP contribution in [0.2, 0.25) is 5.02 Å². The number of methoxy groups -OCH3 is 1. The first-order valence-electron chi connectivity index (χ1n) is 11.9. The Hall–Kier alpha value is -3.63. The number of hydrogen-bond donors (Lipinski definition) is 1. The third kappa shape index (κ3) is 6.81. The molecule has 0 aliphatic heterocycles. The number of carbonyl (C=O) groups excluding carboxylic acids is 1. The standard InChI is InChI=1S/C27H30ClN3O6S/c1-18(2)14-23(20-8-6-5-7-9-20)29-27(32)17-30(25-15-21(28)11-13-26(25)37-4)38(35,36)22-12-10-19(3)24(16-22)31(33)34/h5-13,15-16,18,23H,14,17H2,1-4H3,(H,29,32)/t23-/m0/s1. The molecular weight excluding hydrogens is 530 g/mol. The number of nitro groups is 1. The molecule has 9 nitrogen and oxygen atoms in total. The summed E-state index contributed by atoms with van der Waals surface area (Å²) >= 11 is 6.19. The Morgan fingerprint density at radius 1 is 1.11 bits per heavy atom. The van der Waals surface area contributed by atoms with Gasteiger partial charge in [0.05, 0.1) is 28.7 Å². The number of aryl methyl sites for hydroxylation is 1. The van der Waals surface area contributed by atoms with Gasteiger partial charge in [-0.2, -0.15) is 0 Å². The van der Waals surface area contributed by atoms with E-state index in [1.165, 1.54) is 44.4 Å². The van der Waals surface area contributed by atoms with Gasteiger partial charge in [-0.05, 0) is 49.1 Å². The van der Waals surface area contributed by atoms with Crippen molar-refractivity contribution in [1.82, 2.24) is 5.32 Å². The monoisotopic (exact) mass is 559 g/mol. The van der Waals surface area contributed by atoms with E-state index in [2.05, 4.69) is 5.32 Å². The molecule has 0 saturated carbocycles. The third-order valence-corrected chi connectivity index (χ3v) is 7.90. The minimum atomic E-state index is -4.47. The Balaban J connectivity index is 2.07. The molecule has 0 radical (unpaired) electrons. The first-order chi connectivity index (χ1) is 17.9. The van der Waals surface area contributed by atoms with Crippen LogP contribution in [-0.4, -0.2) is 32.9 Å². The fourth-order valence-electron chi connectivity index (χ4n) is 4.04. The maximum absolute atomic E-state index is 13.9. The van der Waals surface area contributed by atoms with E-state index in [-0.39, 0.29) is 39.0 Å². The molecule has 3 aromatic rings. The van der Waals surface area contributed by atoms with Crippen LogP contribution >= 0.6 is 11.6 Å². The average molecular weight is 560 g/mol. The Labute approximate surface area is 227 Å². The maximum atomic E-state index is 13.9. The lowest BCUT2D eigenvalue weighted by atomic mass is 9.97. The Kier molecular flexibility index (Phi) is 9.35. The van der Waals surface area contributed by atoms with Gasteiger partial charge in [0.25, 0.3) is 15.7 Å². The second kappa shape index (κ2) is 12.3. The lowest BCUT2D eigenvalue weighted by molar-refractivity contribution is -0.385. The minimum absolute atomic E-state index is 0.0264. The van der Waals surface area contributed by atoms with E-state index in [1.54, 1.807) is 0 Å². The number of nitrogens with zero attached hydrogens (tertiary/aromatic N) is 2. The van der Waals surface area contributed by atoms with Crippen molar-refractivity contribution in [2.24, 2.45) is 5.92 Å². The number of carbonyl (C=O) groups is 1. The molecule has 1 atom stereocenters. The highest BCUT2D eigenvalue weighted by Gasteiger charge is 2.32. The van der Waals surface area contributed by atoms with Gasteiger partial charge in [0.1, 0.15) is 12.3 Å². The molecule has 0 aliphatic rings. The molecule has 1 N–H and O–H groups in total. The first-order valence-corrected chi connectivity index (χ1v) is 13.7. The highest BCUT2D eigenvalue weighted by Crippen LogP contribution is 2.36. The number of halogens is 1. The predicted octanol–water partition coefficient (Wildman–Crippen LogP) is 5.66. The van der Waals surface area contributed by atoms with Crippen molar-refractivity contribution in [3.8, 4) is 5.75 Å². The van der Waals surface area contributed by atoms with Gasteiger partial charge < -0.3 is 10.1 Å². The van der Waals surface area contributed by atoms with Gasteiger partial charge in [-0.25, -0.2) is 8.42 Å². The summed E-state index contributed by atoms with van der Waals surface area (Å²) in [7, 11) is -3.10. The summed E-state index contributed by atoms with van der Waals surface area (Å²) in [6, 6.07) is 17.0. The molecular formula is C27H30ClN3O6S. The quantitative estimate of drug-likeness (QED) is 0.239. The molecule has 202 valence electrons. The summed E-state index contributed by atoms with van der Waals surface area (Å²) in [5, 5.41) is 14.7. The molecule has 0 saturated heterocycles. The van der Waals surface area contributed by atoms with E-state index in [4.69, 9.17) is 16.3 Å². The van der Waals surface area contributed by atoms with Gasteiger partial charge in [0.15, 0.2) is 0 Å². The van der Waals surface area contributed by atoms with Crippen molar-refractivity contribution in [3.63, 3.8) is 0 Å². The zero-order valence-corrected chi connectivity index (χ0v) is 23.1. The number of nitro benzene ring substituents is 1. The summed E-state index contributed by atoms with van der Waals surface area (Å²) in [6.07, 6.45) is 0.632. The van der Waals surface area contributed by atoms with Crippen LogP contribution in [0.25, 0.3) is 0 Å². The van der Waals surface area contributed by atoms with Crippen molar-refractivity contribution in [2.45, 2.75) is 38.1 Å².